The zero-order valence-electron chi connectivity index (χ0n) is 12.3. The molecule has 0 unspecified atom stereocenters. The van der Waals surface area contributed by atoms with E-state index >= 15 is 0 Å². The molecule has 0 radical (unpaired) electrons. The lowest BCUT2D eigenvalue weighted by atomic mass is 10.2. The third-order valence-electron chi connectivity index (χ3n) is 3.33. The van der Waals surface area contributed by atoms with Crippen LogP contribution in [0.4, 0.5) is 9.59 Å². The molecule has 1 aliphatic rings. The summed E-state index contributed by atoms with van der Waals surface area (Å²) in [6.07, 6.45) is 3.10. The highest BCUT2D eigenvalue weighted by atomic mass is 79.9. The molecule has 0 spiro atoms. The average Bonchev–Trinajstić information content (AvgIpc) is 2.54. The zero-order chi connectivity index (χ0) is 15.9. The molecule has 7 heteroatoms. The molecule has 0 bridgehead atoms. The molecule has 22 heavy (non-hydrogen) atoms. The molecule has 0 saturated carbocycles. The van der Waals surface area contributed by atoms with E-state index in [1.807, 2.05) is 30.3 Å². The summed E-state index contributed by atoms with van der Waals surface area (Å²) >= 11 is 3.40. The van der Waals surface area contributed by atoms with Crippen molar-refractivity contribution in [3.05, 3.63) is 40.5 Å². The van der Waals surface area contributed by atoms with E-state index in [0.29, 0.717) is 26.2 Å². The molecular weight excluding hydrogens is 350 g/mol. The number of hydrogen-bond acceptors (Lipinski definition) is 3. The normalized spacial score (nSPS) is 15.0. The Morgan fingerprint density at radius 2 is 1.91 bits per heavy atom. The number of carbonyl (C=O) groups is 2. The third kappa shape index (κ3) is 4.49. The Morgan fingerprint density at radius 3 is 2.55 bits per heavy atom. The van der Waals surface area contributed by atoms with Gasteiger partial charge in [0.05, 0.1) is 7.11 Å². The molecule has 1 saturated heterocycles. The van der Waals surface area contributed by atoms with E-state index in [0.717, 1.165) is 10.0 Å². The molecule has 0 aliphatic carbocycles. The largest absolute Gasteiger partial charge is 0.453 e. The van der Waals surface area contributed by atoms with Crippen LogP contribution in [0.1, 0.15) is 5.56 Å². The Morgan fingerprint density at radius 1 is 1.23 bits per heavy atom. The van der Waals surface area contributed by atoms with Crippen molar-refractivity contribution < 1.29 is 14.3 Å². The number of methoxy groups -OCH3 is 1. The van der Waals surface area contributed by atoms with Crippen LogP contribution in [0.3, 0.4) is 0 Å². The van der Waals surface area contributed by atoms with Gasteiger partial charge in [-0.3, -0.25) is 0 Å². The van der Waals surface area contributed by atoms with Gasteiger partial charge in [0.25, 0.3) is 0 Å². The summed E-state index contributed by atoms with van der Waals surface area (Å²) < 4.78 is 5.65. The average molecular weight is 368 g/mol. The van der Waals surface area contributed by atoms with E-state index in [4.69, 9.17) is 0 Å². The van der Waals surface area contributed by atoms with Gasteiger partial charge in [-0.2, -0.15) is 0 Å². The van der Waals surface area contributed by atoms with Crippen molar-refractivity contribution in [2.24, 2.45) is 0 Å². The smallest absolute Gasteiger partial charge is 0.409 e. The van der Waals surface area contributed by atoms with Crippen molar-refractivity contribution in [1.82, 2.24) is 15.1 Å². The van der Waals surface area contributed by atoms with E-state index in [9.17, 15) is 9.59 Å². The summed E-state index contributed by atoms with van der Waals surface area (Å²) in [4.78, 5) is 26.6. The van der Waals surface area contributed by atoms with Gasteiger partial charge in [0, 0.05) is 36.9 Å². The van der Waals surface area contributed by atoms with Crippen LogP contribution in [0.5, 0.6) is 0 Å². The van der Waals surface area contributed by atoms with E-state index in [1.165, 1.54) is 7.11 Å². The van der Waals surface area contributed by atoms with Gasteiger partial charge in [0.1, 0.15) is 0 Å². The summed E-state index contributed by atoms with van der Waals surface area (Å²) in [7, 11) is 1.36. The number of nitrogens with one attached hydrogen (secondary N) is 1. The van der Waals surface area contributed by atoms with Crippen LogP contribution >= 0.6 is 15.9 Å². The van der Waals surface area contributed by atoms with Crippen LogP contribution in [-0.2, 0) is 4.74 Å². The second-order valence-corrected chi connectivity index (χ2v) is 5.70. The summed E-state index contributed by atoms with van der Waals surface area (Å²) in [5, 5.41) is 2.73. The zero-order valence-corrected chi connectivity index (χ0v) is 13.9. The summed E-state index contributed by atoms with van der Waals surface area (Å²) in [6, 6.07) is 7.60. The summed E-state index contributed by atoms with van der Waals surface area (Å²) in [5.41, 5.74) is 0.991. The molecule has 1 fully saturated rings. The van der Waals surface area contributed by atoms with Crippen molar-refractivity contribution in [1.29, 1.82) is 0 Å². The molecule has 2 rings (SSSR count). The first kappa shape index (κ1) is 16.4. The molecule has 1 aromatic carbocycles. The highest BCUT2D eigenvalue weighted by molar-refractivity contribution is 9.10. The molecule has 118 valence electrons. The highest BCUT2D eigenvalue weighted by Gasteiger charge is 2.23. The summed E-state index contributed by atoms with van der Waals surface area (Å²) in [5.74, 6) is 0. The predicted molar refractivity (Wildman–Crippen MR) is 87.3 cm³/mol. The van der Waals surface area contributed by atoms with E-state index < -0.39 is 0 Å². The van der Waals surface area contributed by atoms with E-state index in [2.05, 4.69) is 26.0 Å². The van der Waals surface area contributed by atoms with Crippen molar-refractivity contribution >= 4 is 34.1 Å². The molecule has 6 nitrogen and oxygen atoms in total. The van der Waals surface area contributed by atoms with Gasteiger partial charge in [0.2, 0.25) is 0 Å². The summed E-state index contributed by atoms with van der Waals surface area (Å²) in [6.45, 7) is 1.95. The van der Waals surface area contributed by atoms with Crippen LogP contribution in [0.2, 0.25) is 0 Å². The quantitative estimate of drug-likeness (QED) is 0.873. The number of hydrogen-bond donors (Lipinski definition) is 1. The molecule has 1 aromatic rings. The number of rotatable bonds is 2. The fourth-order valence-corrected chi connectivity index (χ4v) is 2.55. The van der Waals surface area contributed by atoms with Gasteiger partial charge in [-0.25, -0.2) is 9.59 Å². The maximum absolute atomic E-state index is 12.0. The standard InChI is InChI=1S/C15H18BrN3O3/c1-22-15(21)19-9-7-18(8-10-19)14(20)17-6-5-12-3-2-4-13(16)11-12/h2-6,11H,7-10H2,1H3,(H,17,20)/b6-5+. The number of halogens is 1. The fourth-order valence-electron chi connectivity index (χ4n) is 2.13. The third-order valence-corrected chi connectivity index (χ3v) is 3.82. The minimum atomic E-state index is -0.352. The predicted octanol–water partition coefficient (Wildman–Crippen LogP) is 2.51. The minimum absolute atomic E-state index is 0.171. The first-order valence-electron chi connectivity index (χ1n) is 6.90. The second-order valence-electron chi connectivity index (χ2n) is 4.78. The molecule has 0 atom stereocenters. The van der Waals surface area contributed by atoms with Crippen LogP contribution < -0.4 is 5.32 Å². The number of benzene rings is 1. The number of carbonyl (C=O) groups excluding carboxylic acids is 2. The molecule has 3 amide bonds. The number of amides is 3. The van der Waals surface area contributed by atoms with Gasteiger partial charge < -0.3 is 19.9 Å². The Bertz CT molecular complexity index is 569. The fraction of sp³-hybridized carbons (Fsp3) is 0.333. The van der Waals surface area contributed by atoms with E-state index in [-0.39, 0.29) is 12.1 Å². The monoisotopic (exact) mass is 367 g/mol. The van der Waals surface area contributed by atoms with Crippen molar-refractivity contribution in [3.8, 4) is 0 Å². The number of nitrogens with zero attached hydrogens (tertiary/aromatic N) is 2. The molecule has 0 aromatic heterocycles. The Kier molecular flexibility index (Phi) is 5.83. The Balaban J connectivity index is 1.80. The van der Waals surface area contributed by atoms with Crippen molar-refractivity contribution in [2.75, 3.05) is 33.3 Å². The van der Waals surface area contributed by atoms with Crippen molar-refractivity contribution in [2.45, 2.75) is 0 Å². The first-order chi connectivity index (χ1) is 10.6. The lowest BCUT2D eigenvalue weighted by molar-refractivity contribution is 0.0977. The number of ether oxygens (including phenoxy) is 1. The van der Waals surface area contributed by atoms with E-state index in [1.54, 1.807) is 16.0 Å². The van der Waals surface area contributed by atoms with Gasteiger partial charge in [0.15, 0.2) is 0 Å². The lowest BCUT2D eigenvalue weighted by Crippen LogP contribution is -2.52. The maximum Gasteiger partial charge on any atom is 0.409 e. The molecular formula is C15H18BrN3O3. The molecule has 1 heterocycles. The van der Waals surface area contributed by atoms with Gasteiger partial charge >= 0.3 is 12.1 Å². The van der Waals surface area contributed by atoms with Crippen molar-refractivity contribution in [3.63, 3.8) is 0 Å². The number of piperazine rings is 1. The Hall–Kier alpha value is -2.02. The van der Waals surface area contributed by atoms with Crippen LogP contribution in [0.25, 0.3) is 6.08 Å². The first-order valence-corrected chi connectivity index (χ1v) is 7.70. The SMILES string of the molecule is COC(=O)N1CCN(C(=O)N/C=C/c2cccc(Br)c2)CC1. The number of urea groups is 1. The van der Waals surface area contributed by atoms with Crippen LogP contribution in [-0.4, -0.2) is 55.2 Å². The molecule has 1 N–H and O–H groups in total. The second kappa shape index (κ2) is 7.84. The topological polar surface area (TPSA) is 61.9 Å². The minimum Gasteiger partial charge on any atom is -0.453 e. The maximum atomic E-state index is 12.0. The van der Waals surface area contributed by atoms with Gasteiger partial charge in [-0.1, -0.05) is 28.1 Å². The Labute approximate surface area is 137 Å². The van der Waals surface area contributed by atoms with Crippen LogP contribution in [0.15, 0.2) is 34.9 Å². The highest BCUT2D eigenvalue weighted by Crippen LogP contribution is 2.12. The lowest BCUT2D eigenvalue weighted by Gasteiger charge is -2.33. The van der Waals surface area contributed by atoms with Gasteiger partial charge in [-0.15, -0.1) is 0 Å². The van der Waals surface area contributed by atoms with Gasteiger partial charge in [-0.05, 0) is 23.8 Å². The van der Waals surface area contributed by atoms with Crippen LogP contribution in [0, 0.1) is 0 Å². The molecule has 1 aliphatic heterocycles.